The Kier molecular flexibility index (Phi) is 3.77. The zero-order valence-corrected chi connectivity index (χ0v) is 15.4. The van der Waals surface area contributed by atoms with E-state index in [1.54, 1.807) is 0 Å². The summed E-state index contributed by atoms with van der Waals surface area (Å²) in [7, 11) is 0. The Bertz CT molecular complexity index is 969. The Hall–Kier alpha value is -2.28. The number of hydrogen-bond donors (Lipinski definition) is 2. The molecule has 0 unspecified atom stereocenters. The highest BCUT2D eigenvalue weighted by Gasteiger charge is 2.33. The highest BCUT2D eigenvalue weighted by Crippen LogP contribution is 2.42. The molecule has 2 aromatic heterocycles. The summed E-state index contributed by atoms with van der Waals surface area (Å²) < 4.78 is 2.22. The largest absolute Gasteiger partial charge is 0.360 e. The first-order valence-corrected chi connectivity index (χ1v) is 10.1. The number of thioether (sulfide) groups is 1. The number of hydrogen-bond acceptors (Lipinski definition) is 4. The maximum atomic E-state index is 12.3. The molecule has 2 fully saturated rings. The summed E-state index contributed by atoms with van der Waals surface area (Å²) in [5.41, 5.74) is 2.17. The van der Waals surface area contributed by atoms with Crippen molar-refractivity contribution in [1.29, 1.82) is 0 Å². The van der Waals surface area contributed by atoms with Crippen molar-refractivity contribution >= 4 is 28.6 Å². The van der Waals surface area contributed by atoms with E-state index in [1.165, 1.54) is 11.8 Å². The molecule has 7 heteroatoms. The minimum atomic E-state index is -0.173. The van der Waals surface area contributed by atoms with Crippen molar-refractivity contribution in [2.45, 2.75) is 55.1 Å². The standard InChI is InChI=1S/C19H21N5OS/c1-11(18(25)21-12-6-7-12)26-19-23-22-17(24(19)13-8-9-13)15-10-20-16-5-3-2-4-14(15)16/h2-5,10-13,20H,6-9H2,1H3,(H,21,25)/t11-/m1/s1. The van der Waals surface area contributed by atoms with Gasteiger partial charge in [0.15, 0.2) is 11.0 Å². The molecule has 6 nitrogen and oxygen atoms in total. The fraction of sp³-hybridized carbons (Fsp3) is 0.421. The molecule has 0 spiro atoms. The number of aromatic amines is 1. The normalized spacial score (nSPS) is 18.2. The van der Waals surface area contributed by atoms with E-state index in [1.807, 2.05) is 25.3 Å². The van der Waals surface area contributed by atoms with Crippen molar-refractivity contribution in [3.8, 4) is 11.4 Å². The predicted octanol–water partition coefficient (Wildman–Crippen LogP) is 3.52. The first-order chi connectivity index (χ1) is 12.7. The number of benzene rings is 1. The molecule has 0 aliphatic heterocycles. The van der Waals surface area contributed by atoms with Gasteiger partial charge < -0.3 is 10.3 Å². The van der Waals surface area contributed by atoms with Crippen LogP contribution in [0.3, 0.4) is 0 Å². The Labute approximate surface area is 155 Å². The number of nitrogens with one attached hydrogen (secondary N) is 2. The van der Waals surface area contributed by atoms with Crippen LogP contribution in [0.4, 0.5) is 0 Å². The molecule has 2 N–H and O–H groups in total. The van der Waals surface area contributed by atoms with Gasteiger partial charge in [-0.25, -0.2) is 0 Å². The van der Waals surface area contributed by atoms with E-state index in [9.17, 15) is 4.79 Å². The van der Waals surface area contributed by atoms with Gasteiger partial charge in [-0.1, -0.05) is 30.0 Å². The Morgan fingerprint density at radius 3 is 2.85 bits per heavy atom. The number of carbonyl (C=O) groups is 1. The number of para-hydroxylation sites is 1. The monoisotopic (exact) mass is 367 g/mol. The van der Waals surface area contributed by atoms with Crippen molar-refractivity contribution in [3.05, 3.63) is 30.5 Å². The molecule has 2 heterocycles. The summed E-state index contributed by atoms with van der Waals surface area (Å²) in [4.78, 5) is 15.6. The summed E-state index contributed by atoms with van der Waals surface area (Å²) >= 11 is 1.51. The Balaban J connectivity index is 1.47. The van der Waals surface area contributed by atoms with Gasteiger partial charge in [0, 0.05) is 34.7 Å². The van der Waals surface area contributed by atoms with Crippen LogP contribution in [0.1, 0.15) is 38.6 Å². The van der Waals surface area contributed by atoms with Crippen LogP contribution in [0.2, 0.25) is 0 Å². The quantitative estimate of drug-likeness (QED) is 0.654. The van der Waals surface area contributed by atoms with Crippen LogP contribution < -0.4 is 5.32 Å². The zero-order valence-electron chi connectivity index (χ0n) is 14.6. The number of fused-ring (bicyclic) bond motifs is 1. The molecule has 26 heavy (non-hydrogen) atoms. The van der Waals surface area contributed by atoms with Gasteiger partial charge in [-0.15, -0.1) is 10.2 Å². The van der Waals surface area contributed by atoms with Gasteiger partial charge in [0.1, 0.15) is 0 Å². The van der Waals surface area contributed by atoms with E-state index in [4.69, 9.17) is 0 Å². The van der Waals surface area contributed by atoms with Crippen LogP contribution in [0.5, 0.6) is 0 Å². The van der Waals surface area contributed by atoms with Gasteiger partial charge >= 0.3 is 0 Å². The second-order valence-electron chi connectivity index (χ2n) is 7.20. The lowest BCUT2D eigenvalue weighted by atomic mass is 10.1. The molecule has 2 saturated carbocycles. The van der Waals surface area contributed by atoms with Crippen molar-refractivity contribution in [2.75, 3.05) is 0 Å². The lowest BCUT2D eigenvalue weighted by Crippen LogP contribution is -2.32. The Morgan fingerprint density at radius 2 is 2.08 bits per heavy atom. The second kappa shape index (κ2) is 6.16. The molecule has 2 aliphatic carbocycles. The number of carbonyl (C=O) groups excluding carboxylic acids is 1. The number of amides is 1. The van der Waals surface area contributed by atoms with Gasteiger partial charge in [0.25, 0.3) is 0 Å². The van der Waals surface area contributed by atoms with Crippen molar-refractivity contribution in [1.82, 2.24) is 25.1 Å². The van der Waals surface area contributed by atoms with Crippen LogP contribution in [0, 0.1) is 0 Å². The maximum absolute atomic E-state index is 12.3. The number of H-pyrrole nitrogens is 1. The third kappa shape index (κ3) is 2.90. The summed E-state index contributed by atoms with van der Waals surface area (Å²) in [6.07, 6.45) is 6.50. The first-order valence-electron chi connectivity index (χ1n) is 9.19. The highest BCUT2D eigenvalue weighted by molar-refractivity contribution is 8.00. The van der Waals surface area contributed by atoms with Crippen molar-refractivity contribution in [3.63, 3.8) is 0 Å². The second-order valence-corrected chi connectivity index (χ2v) is 8.51. The van der Waals surface area contributed by atoms with E-state index in [-0.39, 0.29) is 11.2 Å². The van der Waals surface area contributed by atoms with E-state index in [2.05, 4.69) is 37.2 Å². The van der Waals surface area contributed by atoms with Crippen LogP contribution in [0.15, 0.2) is 35.6 Å². The minimum absolute atomic E-state index is 0.0940. The lowest BCUT2D eigenvalue weighted by molar-refractivity contribution is -0.120. The molecule has 2 aliphatic rings. The average molecular weight is 367 g/mol. The molecular formula is C19H21N5OS. The molecule has 1 amide bonds. The van der Waals surface area contributed by atoms with Gasteiger partial charge in [0.2, 0.25) is 5.91 Å². The van der Waals surface area contributed by atoms with Gasteiger partial charge in [-0.05, 0) is 38.7 Å². The van der Waals surface area contributed by atoms with E-state index < -0.39 is 0 Å². The summed E-state index contributed by atoms with van der Waals surface area (Å²) in [5.74, 6) is 0.985. The molecule has 1 atom stereocenters. The number of rotatable bonds is 6. The molecule has 0 bridgehead atoms. The lowest BCUT2D eigenvalue weighted by Gasteiger charge is -2.13. The van der Waals surface area contributed by atoms with E-state index >= 15 is 0 Å². The molecule has 3 aromatic rings. The number of nitrogens with zero attached hydrogens (tertiary/aromatic N) is 3. The maximum Gasteiger partial charge on any atom is 0.233 e. The number of aromatic nitrogens is 4. The minimum Gasteiger partial charge on any atom is -0.360 e. The third-order valence-corrected chi connectivity index (χ3v) is 6.04. The molecule has 0 radical (unpaired) electrons. The molecular weight excluding hydrogens is 346 g/mol. The van der Waals surface area contributed by atoms with Crippen LogP contribution >= 0.6 is 11.8 Å². The SMILES string of the molecule is C[C@@H](Sc1nnc(-c2c[nH]c3ccccc23)n1C1CC1)C(=O)NC1CC1. The molecule has 1 aromatic carbocycles. The van der Waals surface area contributed by atoms with E-state index in [0.717, 1.165) is 53.1 Å². The van der Waals surface area contributed by atoms with Crippen LogP contribution in [-0.4, -0.2) is 36.9 Å². The molecule has 5 rings (SSSR count). The molecule has 0 saturated heterocycles. The average Bonchev–Trinajstić information content (AvgIpc) is 3.57. The Morgan fingerprint density at radius 1 is 1.27 bits per heavy atom. The van der Waals surface area contributed by atoms with Crippen molar-refractivity contribution < 1.29 is 4.79 Å². The summed E-state index contributed by atoms with van der Waals surface area (Å²) in [6.45, 7) is 1.94. The summed E-state index contributed by atoms with van der Waals surface area (Å²) in [6, 6.07) is 9.05. The van der Waals surface area contributed by atoms with Crippen LogP contribution in [-0.2, 0) is 4.79 Å². The topological polar surface area (TPSA) is 75.6 Å². The molecule has 134 valence electrons. The smallest absolute Gasteiger partial charge is 0.233 e. The summed E-state index contributed by atoms with van der Waals surface area (Å²) in [5, 5.41) is 13.8. The fourth-order valence-electron chi connectivity index (χ4n) is 3.22. The third-order valence-electron chi connectivity index (χ3n) is 4.98. The fourth-order valence-corrected chi connectivity index (χ4v) is 4.15. The van der Waals surface area contributed by atoms with Gasteiger partial charge in [-0.3, -0.25) is 9.36 Å². The zero-order chi connectivity index (χ0) is 17.7. The predicted molar refractivity (Wildman–Crippen MR) is 102 cm³/mol. The first kappa shape index (κ1) is 15.9. The highest BCUT2D eigenvalue weighted by atomic mass is 32.2. The van der Waals surface area contributed by atoms with Gasteiger partial charge in [0.05, 0.1) is 5.25 Å². The van der Waals surface area contributed by atoms with E-state index in [0.29, 0.717) is 12.1 Å². The van der Waals surface area contributed by atoms with Gasteiger partial charge in [-0.2, -0.15) is 0 Å². The van der Waals surface area contributed by atoms with Crippen molar-refractivity contribution in [2.24, 2.45) is 0 Å². The van der Waals surface area contributed by atoms with Crippen LogP contribution in [0.25, 0.3) is 22.3 Å².